The van der Waals surface area contributed by atoms with Crippen LogP contribution in [0.5, 0.6) is 0 Å². The normalized spacial score (nSPS) is 23.1. The average Bonchev–Trinajstić information content (AvgIpc) is 3.53. The molecule has 0 aromatic heterocycles. The van der Waals surface area contributed by atoms with E-state index in [1.54, 1.807) is 18.2 Å². The summed E-state index contributed by atoms with van der Waals surface area (Å²) >= 11 is 0. The number of aryl methyl sites for hydroxylation is 1. The number of amides is 8. The van der Waals surface area contributed by atoms with Crippen molar-refractivity contribution < 1.29 is 24.0 Å². The van der Waals surface area contributed by atoms with Crippen LogP contribution in [0.15, 0.2) is 18.2 Å². The van der Waals surface area contributed by atoms with Crippen molar-refractivity contribution in [1.29, 1.82) is 0 Å². The summed E-state index contributed by atoms with van der Waals surface area (Å²) in [5, 5.41) is 7.83. The number of hydrogen-bond donors (Lipinski definition) is 4. The van der Waals surface area contributed by atoms with Crippen molar-refractivity contribution in [3.05, 3.63) is 29.3 Å². The van der Waals surface area contributed by atoms with Crippen LogP contribution in [0.1, 0.15) is 37.3 Å². The summed E-state index contributed by atoms with van der Waals surface area (Å²) in [5.74, 6) is -1.09. The van der Waals surface area contributed by atoms with Crippen LogP contribution in [0, 0.1) is 11.8 Å². The number of nitrogens with two attached hydrogens (primary N) is 1. The maximum Gasteiger partial charge on any atom is 0.329 e. The number of urea groups is 3. The highest BCUT2D eigenvalue weighted by Gasteiger charge is 2.59. The number of nitrogens with one attached hydrogen (secondary N) is 3. The third kappa shape index (κ3) is 3.66. The van der Waals surface area contributed by atoms with Gasteiger partial charge in [-0.3, -0.25) is 9.59 Å². The van der Waals surface area contributed by atoms with E-state index < -0.39 is 41.5 Å². The first-order chi connectivity index (χ1) is 15.6. The Bertz CT molecular complexity index is 1050. The molecule has 33 heavy (non-hydrogen) atoms. The topological polar surface area (TPSA) is 154 Å². The Balaban J connectivity index is 1.59. The molecule has 1 spiro atoms. The van der Waals surface area contributed by atoms with E-state index >= 15 is 0 Å². The van der Waals surface area contributed by atoms with Crippen molar-refractivity contribution in [1.82, 2.24) is 20.4 Å². The van der Waals surface area contributed by atoms with Crippen LogP contribution in [0.4, 0.5) is 20.1 Å². The van der Waals surface area contributed by atoms with E-state index in [9.17, 15) is 24.0 Å². The molecule has 1 aliphatic heterocycles. The van der Waals surface area contributed by atoms with Gasteiger partial charge in [-0.2, -0.15) is 0 Å². The minimum atomic E-state index is -1.26. The number of nitrogens with zero attached hydrogens (tertiary/aromatic N) is 2. The third-order valence-electron chi connectivity index (χ3n) is 6.97. The minimum Gasteiger partial charge on any atom is -0.368 e. The fourth-order valence-electron chi connectivity index (χ4n) is 4.92. The largest absolute Gasteiger partial charge is 0.368 e. The zero-order chi connectivity index (χ0) is 24.1. The van der Waals surface area contributed by atoms with E-state index in [0.29, 0.717) is 24.1 Å². The molecule has 11 heteroatoms. The highest BCUT2D eigenvalue weighted by atomic mass is 16.2. The molecule has 2 fully saturated rings. The maximum atomic E-state index is 13.6. The Hall–Kier alpha value is -3.63. The van der Waals surface area contributed by atoms with Crippen LogP contribution in [-0.4, -0.2) is 59.8 Å². The molecule has 8 amide bonds. The zero-order valence-corrected chi connectivity index (χ0v) is 18.8. The van der Waals surface area contributed by atoms with Crippen molar-refractivity contribution in [3.8, 4) is 0 Å². The van der Waals surface area contributed by atoms with E-state index in [1.807, 2.05) is 6.92 Å². The van der Waals surface area contributed by atoms with E-state index in [1.165, 1.54) is 14.1 Å². The van der Waals surface area contributed by atoms with Gasteiger partial charge >= 0.3 is 18.1 Å². The van der Waals surface area contributed by atoms with Gasteiger partial charge in [0, 0.05) is 19.8 Å². The number of hydrogen-bond acceptors (Lipinski definition) is 5. The molecule has 2 aliphatic carbocycles. The standard InChI is InChI=1S/C22H28N6O5/c1-11(12-4-5-12)16(17(23)29)28-18(30)22(26-21(28)33)9-8-13-10-14(6-7-15(13)22)25-20(32)27(3)19(31)24-2/h6-7,10-12,16H,4-5,8-9H2,1-3H3,(H2,23,29)(H,24,31)(H,25,32)(H,26,33)/t11-,16?,22?/m0/s1. The molecule has 1 heterocycles. The molecular formula is C22H28N6O5. The Morgan fingerprint density at radius 3 is 2.55 bits per heavy atom. The van der Waals surface area contributed by atoms with Gasteiger partial charge in [0.05, 0.1) is 0 Å². The number of fused-ring (bicyclic) bond motifs is 2. The summed E-state index contributed by atoms with van der Waals surface area (Å²) in [6.07, 6.45) is 2.73. The van der Waals surface area contributed by atoms with Gasteiger partial charge in [-0.05, 0) is 60.8 Å². The fraction of sp³-hybridized carbons (Fsp3) is 0.500. The molecule has 3 atom stereocenters. The first kappa shape index (κ1) is 22.6. The number of primary amides is 1. The van der Waals surface area contributed by atoms with Crippen LogP contribution >= 0.6 is 0 Å². The fourth-order valence-corrected chi connectivity index (χ4v) is 4.92. The Morgan fingerprint density at radius 1 is 1.24 bits per heavy atom. The molecule has 4 rings (SSSR count). The molecule has 1 saturated heterocycles. The van der Waals surface area contributed by atoms with E-state index in [4.69, 9.17) is 5.73 Å². The lowest BCUT2D eigenvalue weighted by molar-refractivity contribution is -0.139. The zero-order valence-electron chi connectivity index (χ0n) is 18.8. The second-order valence-corrected chi connectivity index (χ2v) is 8.97. The number of carbonyl (C=O) groups excluding carboxylic acids is 5. The molecule has 0 bridgehead atoms. The van der Waals surface area contributed by atoms with Gasteiger partial charge in [-0.1, -0.05) is 13.0 Å². The molecule has 176 valence electrons. The van der Waals surface area contributed by atoms with Crippen LogP contribution in [0.3, 0.4) is 0 Å². The Morgan fingerprint density at radius 2 is 1.94 bits per heavy atom. The quantitative estimate of drug-likeness (QED) is 0.488. The first-order valence-electron chi connectivity index (χ1n) is 11.0. The molecule has 11 nitrogen and oxygen atoms in total. The number of imide groups is 2. The predicted octanol–water partition coefficient (Wildman–Crippen LogP) is 1.08. The maximum absolute atomic E-state index is 13.6. The second-order valence-electron chi connectivity index (χ2n) is 8.97. The smallest absolute Gasteiger partial charge is 0.329 e. The van der Waals surface area contributed by atoms with Gasteiger partial charge in [0.15, 0.2) is 0 Å². The summed E-state index contributed by atoms with van der Waals surface area (Å²) in [5.41, 5.74) is 6.24. The molecule has 5 N–H and O–H groups in total. The molecule has 3 aliphatic rings. The van der Waals surface area contributed by atoms with Crippen molar-refractivity contribution in [2.75, 3.05) is 19.4 Å². The van der Waals surface area contributed by atoms with Crippen LogP contribution in [0.25, 0.3) is 0 Å². The van der Waals surface area contributed by atoms with Crippen LogP contribution in [0.2, 0.25) is 0 Å². The van der Waals surface area contributed by atoms with Gasteiger partial charge in [-0.15, -0.1) is 0 Å². The molecule has 1 aromatic rings. The molecular weight excluding hydrogens is 428 g/mol. The number of rotatable bonds is 5. The van der Waals surface area contributed by atoms with Gasteiger partial charge in [0.25, 0.3) is 5.91 Å². The third-order valence-corrected chi connectivity index (χ3v) is 6.97. The minimum absolute atomic E-state index is 0.205. The van der Waals surface area contributed by atoms with Crippen molar-refractivity contribution in [2.24, 2.45) is 17.6 Å². The van der Waals surface area contributed by atoms with Gasteiger partial charge in [0.2, 0.25) is 5.91 Å². The van der Waals surface area contributed by atoms with E-state index in [2.05, 4.69) is 16.0 Å². The van der Waals surface area contributed by atoms with Gasteiger partial charge < -0.3 is 21.7 Å². The van der Waals surface area contributed by atoms with Crippen molar-refractivity contribution in [2.45, 2.75) is 44.2 Å². The number of anilines is 1. The molecule has 2 unspecified atom stereocenters. The lowest BCUT2D eigenvalue weighted by atomic mass is 9.89. The first-order valence-corrected chi connectivity index (χ1v) is 11.0. The molecule has 1 saturated carbocycles. The van der Waals surface area contributed by atoms with Gasteiger partial charge in [-0.25, -0.2) is 24.2 Å². The Labute approximate surface area is 191 Å². The highest BCUT2D eigenvalue weighted by molar-refractivity contribution is 6.11. The predicted molar refractivity (Wildman–Crippen MR) is 118 cm³/mol. The lowest BCUT2D eigenvalue weighted by Crippen LogP contribution is -2.53. The second kappa shape index (κ2) is 8.05. The summed E-state index contributed by atoms with van der Waals surface area (Å²) in [6.45, 7) is 1.85. The van der Waals surface area contributed by atoms with Gasteiger partial charge in [0.1, 0.15) is 11.6 Å². The number of benzene rings is 1. The molecule has 0 radical (unpaired) electrons. The highest BCUT2D eigenvalue weighted by Crippen LogP contribution is 2.45. The van der Waals surface area contributed by atoms with E-state index in [0.717, 1.165) is 28.2 Å². The van der Waals surface area contributed by atoms with Crippen LogP contribution in [-0.2, 0) is 21.5 Å². The van der Waals surface area contributed by atoms with Crippen molar-refractivity contribution in [3.63, 3.8) is 0 Å². The Kier molecular flexibility index (Phi) is 5.51. The lowest BCUT2D eigenvalue weighted by Gasteiger charge is -2.29. The monoisotopic (exact) mass is 456 g/mol. The summed E-state index contributed by atoms with van der Waals surface area (Å²) in [7, 11) is 2.76. The summed E-state index contributed by atoms with van der Waals surface area (Å²) in [4.78, 5) is 64.5. The molecule has 1 aromatic carbocycles. The van der Waals surface area contributed by atoms with Crippen LogP contribution < -0.4 is 21.7 Å². The average molecular weight is 457 g/mol. The summed E-state index contributed by atoms with van der Waals surface area (Å²) in [6, 6.07) is 2.24. The van der Waals surface area contributed by atoms with Crippen molar-refractivity contribution >= 4 is 35.6 Å². The number of carbonyl (C=O) groups is 5. The SMILES string of the molecule is CNC(=O)N(C)C(=O)Nc1ccc2c(c1)CCC21NC(=O)N(C(C(N)=O)[C@@H](C)C2CC2)C1=O. The van der Waals surface area contributed by atoms with E-state index in [-0.39, 0.29) is 11.8 Å². The summed E-state index contributed by atoms with van der Waals surface area (Å²) < 4.78 is 0.